The lowest BCUT2D eigenvalue weighted by atomic mass is 10.0. The Morgan fingerprint density at radius 3 is 2.89 bits per heavy atom. The first-order chi connectivity index (χ1) is 8.70. The summed E-state index contributed by atoms with van der Waals surface area (Å²) in [5, 5.41) is 3.18. The fourth-order valence-corrected chi connectivity index (χ4v) is 2.60. The summed E-state index contributed by atoms with van der Waals surface area (Å²) in [7, 11) is 1.94. The average Bonchev–Trinajstić information content (AvgIpc) is 2.35. The van der Waals surface area contributed by atoms with Crippen LogP contribution in [0.5, 0.6) is 0 Å². The second-order valence-corrected chi connectivity index (χ2v) is 4.91. The second-order valence-electron chi connectivity index (χ2n) is 4.91. The van der Waals surface area contributed by atoms with Gasteiger partial charge >= 0.3 is 0 Å². The highest BCUT2D eigenvalue weighted by Crippen LogP contribution is 2.20. The van der Waals surface area contributed by atoms with E-state index in [0.717, 1.165) is 32.0 Å². The number of benzene rings is 1. The van der Waals surface area contributed by atoms with Crippen molar-refractivity contribution < 1.29 is 8.78 Å². The zero-order valence-corrected chi connectivity index (χ0v) is 10.8. The van der Waals surface area contributed by atoms with Gasteiger partial charge in [0.2, 0.25) is 0 Å². The minimum Gasteiger partial charge on any atom is -0.318 e. The van der Waals surface area contributed by atoms with Gasteiger partial charge in [0, 0.05) is 30.8 Å². The molecule has 1 aliphatic heterocycles. The molecule has 1 aromatic carbocycles. The number of piperidine rings is 1. The van der Waals surface area contributed by atoms with E-state index >= 15 is 0 Å². The van der Waals surface area contributed by atoms with E-state index in [4.69, 9.17) is 0 Å². The Balaban J connectivity index is 2.06. The third kappa shape index (κ3) is 3.27. The van der Waals surface area contributed by atoms with Crippen LogP contribution in [0.2, 0.25) is 0 Å². The third-order valence-electron chi connectivity index (χ3n) is 3.58. The average molecular weight is 254 g/mol. The van der Waals surface area contributed by atoms with Gasteiger partial charge in [0.25, 0.3) is 0 Å². The van der Waals surface area contributed by atoms with Crippen LogP contribution >= 0.6 is 0 Å². The molecule has 0 saturated carbocycles. The predicted molar refractivity (Wildman–Crippen MR) is 68.3 cm³/mol. The summed E-state index contributed by atoms with van der Waals surface area (Å²) in [6.45, 7) is 2.48. The van der Waals surface area contributed by atoms with Crippen molar-refractivity contribution in [3.63, 3.8) is 0 Å². The van der Waals surface area contributed by atoms with Gasteiger partial charge in [-0.25, -0.2) is 8.78 Å². The van der Waals surface area contributed by atoms with E-state index in [2.05, 4.69) is 10.2 Å². The molecule has 100 valence electrons. The quantitative estimate of drug-likeness (QED) is 0.888. The summed E-state index contributed by atoms with van der Waals surface area (Å²) >= 11 is 0. The van der Waals surface area contributed by atoms with E-state index in [0.29, 0.717) is 18.2 Å². The van der Waals surface area contributed by atoms with E-state index in [1.807, 2.05) is 7.05 Å². The largest absolute Gasteiger partial charge is 0.318 e. The van der Waals surface area contributed by atoms with E-state index in [1.165, 1.54) is 12.5 Å². The van der Waals surface area contributed by atoms with Crippen LogP contribution in [0.15, 0.2) is 18.2 Å². The van der Waals surface area contributed by atoms with E-state index in [-0.39, 0.29) is 0 Å². The van der Waals surface area contributed by atoms with Gasteiger partial charge in [-0.2, -0.15) is 0 Å². The maximum absolute atomic E-state index is 13.6. The highest BCUT2D eigenvalue weighted by molar-refractivity contribution is 5.18. The molecule has 4 heteroatoms. The van der Waals surface area contributed by atoms with Crippen LogP contribution < -0.4 is 5.32 Å². The van der Waals surface area contributed by atoms with Crippen molar-refractivity contribution in [1.82, 2.24) is 10.2 Å². The normalized spacial score (nSPS) is 21.2. The van der Waals surface area contributed by atoms with Crippen molar-refractivity contribution in [2.45, 2.75) is 31.8 Å². The summed E-state index contributed by atoms with van der Waals surface area (Å²) in [4.78, 5) is 2.29. The molecule has 2 nitrogen and oxygen atoms in total. The molecule has 1 fully saturated rings. The SMILES string of the molecule is CNCC1CCCCN1Cc1ccc(F)cc1F. The lowest BCUT2D eigenvalue weighted by Gasteiger charge is -2.35. The summed E-state index contributed by atoms with van der Waals surface area (Å²) < 4.78 is 26.5. The molecule has 0 aromatic heterocycles. The lowest BCUT2D eigenvalue weighted by Crippen LogP contribution is -2.44. The molecule has 1 heterocycles. The van der Waals surface area contributed by atoms with Crippen LogP contribution in [0, 0.1) is 11.6 Å². The highest BCUT2D eigenvalue weighted by atomic mass is 19.1. The molecule has 0 bridgehead atoms. The summed E-state index contributed by atoms with van der Waals surface area (Å²) in [6, 6.07) is 4.30. The monoisotopic (exact) mass is 254 g/mol. The number of likely N-dealkylation sites (N-methyl/N-ethyl adjacent to an activating group) is 1. The molecule has 1 unspecified atom stereocenters. The van der Waals surface area contributed by atoms with Gasteiger partial charge in [0.05, 0.1) is 0 Å². The maximum Gasteiger partial charge on any atom is 0.130 e. The first kappa shape index (κ1) is 13.4. The summed E-state index contributed by atoms with van der Waals surface area (Å²) in [6.07, 6.45) is 3.53. The Bertz CT molecular complexity index is 393. The first-order valence-corrected chi connectivity index (χ1v) is 6.53. The first-order valence-electron chi connectivity index (χ1n) is 6.53. The van der Waals surface area contributed by atoms with Crippen LogP contribution in [0.25, 0.3) is 0 Å². The molecule has 0 amide bonds. The Hall–Kier alpha value is -1.00. The maximum atomic E-state index is 13.6. The molecule has 1 aliphatic rings. The molecule has 0 radical (unpaired) electrons. The van der Waals surface area contributed by atoms with Crippen LogP contribution in [0.4, 0.5) is 8.78 Å². The predicted octanol–water partition coefficient (Wildman–Crippen LogP) is 2.54. The molecule has 2 rings (SSSR count). The van der Waals surface area contributed by atoms with Gasteiger partial charge in [0.15, 0.2) is 0 Å². The molecule has 1 N–H and O–H groups in total. The number of nitrogens with one attached hydrogen (secondary N) is 1. The second kappa shape index (κ2) is 6.25. The molecular formula is C14H20F2N2. The minimum absolute atomic E-state index is 0.441. The topological polar surface area (TPSA) is 15.3 Å². The molecule has 1 atom stereocenters. The summed E-state index contributed by atoms with van der Waals surface area (Å²) in [5.74, 6) is -0.953. The Morgan fingerprint density at radius 1 is 1.33 bits per heavy atom. The summed E-state index contributed by atoms with van der Waals surface area (Å²) in [5.41, 5.74) is 0.583. The fraction of sp³-hybridized carbons (Fsp3) is 0.571. The number of likely N-dealkylation sites (tertiary alicyclic amines) is 1. The Kier molecular flexibility index (Phi) is 4.66. The number of hydrogen-bond donors (Lipinski definition) is 1. The van der Waals surface area contributed by atoms with Crippen molar-refractivity contribution >= 4 is 0 Å². The molecule has 0 spiro atoms. The zero-order valence-electron chi connectivity index (χ0n) is 10.8. The van der Waals surface area contributed by atoms with Crippen molar-refractivity contribution in [3.8, 4) is 0 Å². The molecule has 1 saturated heterocycles. The van der Waals surface area contributed by atoms with Gasteiger partial charge < -0.3 is 5.32 Å². The number of halogens is 2. The van der Waals surface area contributed by atoms with Crippen molar-refractivity contribution in [2.24, 2.45) is 0 Å². The smallest absolute Gasteiger partial charge is 0.130 e. The van der Waals surface area contributed by atoms with Crippen LogP contribution in [0.3, 0.4) is 0 Å². The number of nitrogens with zero attached hydrogens (tertiary/aromatic N) is 1. The van der Waals surface area contributed by atoms with Gasteiger partial charge in [-0.1, -0.05) is 12.5 Å². The number of hydrogen-bond acceptors (Lipinski definition) is 2. The van der Waals surface area contributed by atoms with Gasteiger partial charge in [0.1, 0.15) is 11.6 Å². The van der Waals surface area contributed by atoms with Crippen molar-refractivity contribution in [3.05, 3.63) is 35.4 Å². The van der Waals surface area contributed by atoms with Crippen LogP contribution in [-0.2, 0) is 6.54 Å². The van der Waals surface area contributed by atoms with Crippen molar-refractivity contribution in [2.75, 3.05) is 20.1 Å². The molecule has 1 aromatic rings. The molecule has 0 aliphatic carbocycles. The standard InChI is InChI=1S/C14H20F2N2/c1-17-9-13-4-2-3-7-18(13)10-11-5-6-12(15)8-14(11)16/h5-6,8,13,17H,2-4,7,9-10H2,1H3. The van der Waals surface area contributed by atoms with Gasteiger partial charge in [-0.15, -0.1) is 0 Å². The van der Waals surface area contributed by atoms with E-state index in [9.17, 15) is 8.78 Å². The van der Waals surface area contributed by atoms with E-state index in [1.54, 1.807) is 6.07 Å². The van der Waals surface area contributed by atoms with Gasteiger partial charge in [-0.05, 0) is 32.5 Å². The Morgan fingerprint density at radius 2 is 2.17 bits per heavy atom. The molecule has 18 heavy (non-hydrogen) atoms. The number of rotatable bonds is 4. The minimum atomic E-state index is -0.512. The third-order valence-corrected chi connectivity index (χ3v) is 3.58. The van der Waals surface area contributed by atoms with Crippen LogP contribution in [-0.4, -0.2) is 31.1 Å². The fourth-order valence-electron chi connectivity index (χ4n) is 2.60. The van der Waals surface area contributed by atoms with Crippen LogP contribution in [0.1, 0.15) is 24.8 Å². The Labute approximate surface area is 107 Å². The van der Waals surface area contributed by atoms with E-state index < -0.39 is 11.6 Å². The van der Waals surface area contributed by atoms with Gasteiger partial charge in [-0.3, -0.25) is 4.90 Å². The highest BCUT2D eigenvalue weighted by Gasteiger charge is 2.22. The zero-order chi connectivity index (χ0) is 13.0. The molecular weight excluding hydrogens is 234 g/mol. The lowest BCUT2D eigenvalue weighted by molar-refractivity contribution is 0.137. The van der Waals surface area contributed by atoms with Crippen molar-refractivity contribution in [1.29, 1.82) is 0 Å².